The van der Waals surface area contributed by atoms with Gasteiger partial charge in [0.05, 0.1) is 0 Å². The molecule has 0 aromatic rings. The number of hydrogen-bond donors (Lipinski definition) is 3. The Morgan fingerprint density at radius 2 is 1.35 bits per heavy atom. The van der Waals surface area contributed by atoms with Gasteiger partial charge in [0.15, 0.2) is 0 Å². The van der Waals surface area contributed by atoms with E-state index < -0.39 is 33.7 Å². The summed E-state index contributed by atoms with van der Waals surface area (Å²) in [6, 6.07) is 0. The first-order valence-electron chi connectivity index (χ1n) is 6.61. The molecule has 0 aliphatic rings. The van der Waals surface area contributed by atoms with Crippen LogP contribution >= 0.6 is 0 Å². The summed E-state index contributed by atoms with van der Waals surface area (Å²) in [5.74, 6) is -3.56. The molecule has 0 aromatic heterocycles. The van der Waals surface area contributed by atoms with Gasteiger partial charge in [0, 0.05) is 5.57 Å². The Kier molecular flexibility index (Phi) is 13.9. The predicted octanol–water partition coefficient (Wildman–Crippen LogP) is 3.62. The maximum absolute atomic E-state index is 10.7. The van der Waals surface area contributed by atoms with Crippen LogP contribution in [0.15, 0.2) is 11.6 Å². The van der Waals surface area contributed by atoms with E-state index in [-0.39, 0.29) is 0 Å². The molecule has 0 radical (unpaired) electrons. The molecule has 3 N–H and O–H groups in total. The lowest BCUT2D eigenvalue weighted by Gasteiger charge is -1.97. The van der Waals surface area contributed by atoms with Gasteiger partial charge in [-0.3, -0.25) is 4.55 Å². The van der Waals surface area contributed by atoms with E-state index in [0.29, 0.717) is 5.57 Å². The van der Waals surface area contributed by atoms with Crippen LogP contribution in [0.1, 0.15) is 39.5 Å². The van der Waals surface area contributed by atoms with Crippen LogP contribution in [0.5, 0.6) is 0 Å². The Morgan fingerprint density at radius 3 is 1.54 bits per heavy atom. The Morgan fingerprint density at radius 1 is 1.00 bits per heavy atom. The van der Waals surface area contributed by atoms with E-state index in [1.165, 1.54) is 12.8 Å². The van der Waals surface area contributed by atoms with Crippen molar-refractivity contribution < 1.29 is 59.1 Å². The van der Waals surface area contributed by atoms with Crippen molar-refractivity contribution in [2.75, 3.05) is 0 Å². The molecule has 0 aromatic carbocycles. The lowest BCUT2D eigenvalue weighted by atomic mass is 10.1. The number of halogens is 6. The van der Waals surface area contributed by atoms with E-state index in [1.54, 1.807) is 13.0 Å². The van der Waals surface area contributed by atoms with Gasteiger partial charge in [-0.05, 0) is 19.8 Å². The van der Waals surface area contributed by atoms with Gasteiger partial charge in [-0.25, -0.2) is 9.59 Å². The molecule has 0 aliphatic carbocycles. The molecule has 0 heterocycles. The SMILES string of the molecule is CCCCCC=C(C)C(=O)O.O=C(O)C(F)(F)F.O=S(=O)(O)C(F)(F)F. The second-order valence-corrected chi connectivity index (χ2v) is 5.82. The Labute approximate surface area is 145 Å². The zero-order valence-corrected chi connectivity index (χ0v) is 14.4. The van der Waals surface area contributed by atoms with Gasteiger partial charge in [0.1, 0.15) is 0 Å². The molecule has 26 heavy (non-hydrogen) atoms. The van der Waals surface area contributed by atoms with E-state index >= 15 is 0 Å². The molecule has 0 atom stereocenters. The summed E-state index contributed by atoms with van der Waals surface area (Å²) in [4.78, 5) is 19.2. The van der Waals surface area contributed by atoms with Crippen molar-refractivity contribution in [2.45, 2.75) is 51.2 Å². The van der Waals surface area contributed by atoms with Crippen LogP contribution in [0.2, 0.25) is 0 Å². The minimum absolute atomic E-state index is 0.459. The van der Waals surface area contributed by atoms with Crippen LogP contribution in [0, 0.1) is 0 Å². The number of alkyl halides is 6. The summed E-state index contributed by atoms with van der Waals surface area (Å²) >= 11 is 0. The van der Waals surface area contributed by atoms with Crippen LogP contribution in [0.25, 0.3) is 0 Å². The minimum Gasteiger partial charge on any atom is -0.478 e. The number of allylic oxidation sites excluding steroid dienone is 1. The molecule has 0 fully saturated rings. The molecule has 0 rings (SSSR count). The van der Waals surface area contributed by atoms with Crippen LogP contribution in [0.4, 0.5) is 26.3 Å². The highest BCUT2D eigenvalue weighted by Gasteiger charge is 2.44. The van der Waals surface area contributed by atoms with Crippen molar-refractivity contribution in [3.05, 3.63) is 11.6 Å². The molecular formula is C12H18F6O7S. The first kappa shape index (κ1) is 29.0. The van der Waals surface area contributed by atoms with Gasteiger partial charge in [-0.2, -0.15) is 34.8 Å². The Hall–Kier alpha value is -1.83. The summed E-state index contributed by atoms with van der Waals surface area (Å²) in [6.45, 7) is 3.77. The van der Waals surface area contributed by atoms with Gasteiger partial charge in [-0.1, -0.05) is 25.8 Å². The van der Waals surface area contributed by atoms with E-state index in [4.69, 9.17) is 28.0 Å². The van der Waals surface area contributed by atoms with E-state index in [9.17, 15) is 31.1 Å². The van der Waals surface area contributed by atoms with Gasteiger partial charge in [0.25, 0.3) is 0 Å². The minimum atomic E-state index is -5.84. The molecule has 14 heteroatoms. The summed E-state index contributed by atoms with van der Waals surface area (Å²) in [6.07, 6.45) is 1.06. The fourth-order valence-electron chi connectivity index (χ4n) is 0.800. The molecule has 0 spiro atoms. The van der Waals surface area contributed by atoms with Crippen molar-refractivity contribution in [1.82, 2.24) is 0 Å². The summed E-state index contributed by atoms with van der Waals surface area (Å²) in [5.41, 5.74) is -5.08. The van der Waals surface area contributed by atoms with Crippen LogP contribution < -0.4 is 0 Å². The number of carbonyl (C=O) groups is 2. The molecular weight excluding hydrogens is 402 g/mol. The van der Waals surface area contributed by atoms with Crippen molar-refractivity contribution in [2.24, 2.45) is 0 Å². The van der Waals surface area contributed by atoms with Crippen LogP contribution in [0.3, 0.4) is 0 Å². The van der Waals surface area contributed by atoms with Gasteiger partial charge < -0.3 is 10.2 Å². The zero-order chi connectivity index (χ0) is 21.8. The summed E-state index contributed by atoms with van der Waals surface area (Å²) < 4.78 is 89.3. The van der Waals surface area contributed by atoms with Crippen LogP contribution in [-0.4, -0.2) is 46.8 Å². The largest absolute Gasteiger partial charge is 0.522 e. The number of unbranched alkanes of at least 4 members (excludes halogenated alkanes) is 3. The first-order valence-corrected chi connectivity index (χ1v) is 8.05. The summed E-state index contributed by atoms with van der Waals surface area (Å²) in [5, 5.41) is 15.6. The van der Waals surface area contributed by atoms with Crippen molar-refractivity contribution in [3.8, 4) is 0 Å². The highest BCUT2D eigenvalue weighted by atomic mass is 32.2. The third-order valence-electron chi connectivity index (χ3n) is 2.13. The fraction of sp³-hybridized carbons (Fsp3) is 0.667. The third-order valence-corrected chi connectivity index (χ3v) is 2.72. The Balaban J connectivity index is -0.000000315. The highest BCUT2D eigenvalue weighted by molar-refractivity contribution is 7.86. The Bertz CT molecular complexity index is 564. The zero-order valence-electron chi connectivity index (χ0n) is 13.6. The molecule has 0 saturated carbocycles. The van der Waals surface area contributed by atoms with E-state index in [1.807, 2.05) is 0 Å². The number of carboxylic acids is 2. The second kappa shape index (κ2) is 12.5. The number of aliphatic carboxylic acids is 2. The normalized spacial score (nSPS) is 12.3. The van der Waals surface area contributed by atoms with Gasteiger partial charge in [-0.15, -0.1) is 0 Å². The van der Waals surface area contributed by atoms with Gasteiger partial charge in [0.2, 0.25) is 0 Å². The maximum atomic E-state index is 10.7. The fourth-order valence-corrected chi connectivity index (χ4v) is 0.800. The topological polar surface area (TPSA) is 129 Å². The monoisotopic (exact) mass is 420 g/mol. The quantitative estimate of drug-likeness (QED) is 0.204. The molecule has 0 unspecified atom stereocenters. The molecule has 0 aliphatic heterocycles. The maximum Gasteiger partial charge on any atom is 0.522 e. The molecule has 0 saturated heterocycles. The number of carboxylic acid groups (broad SMARTS) is 2. The number of rotatable bonds is 5. The lowest BCUT2D eigenvalue weighted by Crippen LogP contribution is -2.21. The average molecular weight is 420 g/mol. The first-order chi connectivity index (χ1) is 11.4. The van der Waals surface area contributed by atoms with Gasteiger partial charge >= 0.3 is 33.7 Å². The molecule has 7 nitrogen and oxygen atoms in total. The average Bonchev–Trinajstić information content (AvgIpc) is 2.41. The molecule has 0 amide bonds. The highest BCUT2D eigenvalue weighted by Crippen LogP contribution is 2.20. The van der Waals surface area contributed by atoms with E-state index in [2.05, 4.69) is 6.92 Å². The smallest absolute Gasteiger partial charge is 0.478 e. The predicted molar refractivity (Wildman–Crippen MR) is 76.8 cm³/mol. The molecule has 156 valence electrons. The third kappa shape index (κ3) is 18.5. The number of hydrogen-bond acceptors (Lipinski definition) is 4. The van der Waals surface area contributed by atoms with Crippen molar-refractivity contribution >= 4 is 22.1 Å². The van der Waals surface area contributed by atoms with Crippen molar-refractivity contribution in [1.29, 1.82) is 0 Å². The van der Waals surface area contributed by atoms with Crippen molar-refractivity contribution in [3.63, 3.8) is 0 Å². The van der Waals surface area contributed by atoms with E-state index in [0.717, 1.165) is 12.8 Å². The second-order valence-electron chi connectivity index (χ2n) is 4.41. The molecule has 0 bridgehead atoms. The summed E-state index contributed by atoms with van der Waals surface area (Å²) in [7, 11) is -5.84. The standard InChI is InChI=1S/C9H16O2.C2HF3O2.CHF3O3S/c1-3-4-5-6-7-8(2)9(10)11;3-2(4,5)1(6)7;2-1(3,4)8(5,6)7/h7H,3-6H2,1-2H3,(H,10,11);(H,6,7);(H,5,6,7). The van der Waals surface area contributed by atoms with Crippen LogP contribution in [-0.2, 0) is 19.7 Å². The lowest BCUT2D eigenvalue weighted by molar-refractivity contribution is -0.192.